The first-order valence-corrected chi connectivity index (χ1v) is 6.90. The van der Waals surface area contributed by atoms with Crippen LogP contribution in [0.2, 0.25) is 0 Å². The number of carbonyl (C=O) groups is 1. The molecule has 0 fully saturated rings. The van der Waals surface area contributed by atoms with Gasteiger partial charge in [-0.1, -0.05) is 18.2 Å². The van der Waals surface area contributed by atoms with Crippen LogP contribution in [0, 0.1) is 12.7 Å². The van der Waals surface area contributed by atoms with E-state index >= 15 is 0 Å². The van der Waals surface area contributed by atoms with Crippen molar-refractivity contribution in [1.82, 2.24) is 9.88 Å². The summed E-state index contributed by atoms with van der Waals surface area (Å²) in [5.74, 6) is -0.175. The third kappa shape index (κ3) is 5.08. The molecule has 0 aliphatic heterocycles. The molecule has 110 valence electrons. The molecule has 0 unspecified atom stereocenters. The Bertz CT molecular complexity index is 610. The molecule has 0 atom stereocenters. The molecule has 3 nitrogen and oxygen atoms in total. The van der Waals surface area contributed by atoms with E-state index in [2.05, 4.69) is 4.98 Å². The average molecular weight is 286 g/mol. The normalized spacial score (nSPS) is 10.9. The van der Waals surface area contributed by atoms with Crippen molar-refractivity contribution in [2.45, 2.75) is 19.9 Å². The Labute approximate surface area is 124 Å². The van der Waals surface area contributed by atoms with Crippen molar-refractivity contribution in [1.29, 1.82) is 0 Å². The van der Waals surface area contributed by atoms with Gasteiger partial charge in [0.15, 0.2) is 5.78 Å². The zero-order chi connectivity index (χ0) is 15.2. The highest BCUT2D eigenvalue weighted by Gasteiger charge is 2.09. The number of aryl methyl sites for hydroxylation is 1. The van der Waals surface area contributed by atoms with Crippen molar-refractivity contribution >= 4 is 5.78 Å². The molecule has 1 aromatic carbocycles. The van der Waals surface area contributed by atoms with Gasteiger partial charge in [-0.05, 0) is 43.8 Å². The van der Waals surface area contributed by atoms with Crippen LogP contribution < -0.4 is 0 Å². The molecule has 0 radical (unpaired) electrons. The maximum Gasteiger partial charge on any atom is 0.151 e. The van der Waals surface area contributed by atoms with Crippen molar-refractivity contribution in [3.63, 3.8) is 0 Å². The molecule has 0 spiro atoms. The molecule has 0 N–H and O–H groups in total. The number of hydrogen-bond acceptors (Lipinski definition) is 3. The van der Waals surface area contributed by atoms with Crippen molar-refractivity contribution < 1.29 is 9.18 Å². The summed E-state index contributed by atoms with van der Waals surface area (Å²) in [6, 6.07) is 11.9. The predicted octanol–water partition coefficient (Wildman–Crippen LogP) is 2.77. The van der Waals surface area contributed by atoms with E-state index < -0.39 is 0 Å². The highest BCUT2D eigenvalue weighted by molar-refractivity contribution is 5.82. The van der Waals surface area contributed by atoms with Gasteiger partial charge in [0.2, 0.25) is 0 Å². The molecular weight excluding hydrogens is 267 g/mol. The highest BCUT2D eigenvalue weighted by atomic mass is 19.1. The second-order valence-electron chi connectivity index (χ2n) is 5.28. The van der Waals surface area contributed by atoms with Gasteiger partial charge < -0.3 is 0 Å². The van der Waals surface area contributed by atoms with Crippen molar-refractivity contribution in [2.24, 2.45) is 0 Å². The molecule has 0 bridgehead atoms. The van der Waals surface area contributed by atoms with E-state index in [-0.39, 0.29) is 11.6 Å². The van der Waals surface area contributed by atoms with Crippen molar-refractivity contribution in [2.75, 3.05) is 13.6 Å². The number of rotatable bonds is 6. The van der Waals surface area contributed by atoms with Crippen LogP contribution in [0.5, 0.6) is 0 Å². The molecule has 2 rings (SSSR count). The second kappa shape index (κ2) is 7.09. The van der Waals surface area contributed by atoms with Gasteiger partial charge in [0.25, 0.3) is 0 Å². The lowest BCUT2D eigenvalue weighted by Gasteiger charge is -2.15. The summed E-state index contributed by atoms with van der Waals surface area (Å²) in [6.45, 7) is 2.94. The molecular formula is C17H19FN2O. The number of carbonyl (C=O) groups excluding carboxylic acids is 1. The molecule has 1 aromatic heterocycles. The van der Waals surface area contributed by atoms with Gasteiger partial charge in [-0.3, -0.25) is 14.7 Å². The predicted molar refractivity (Wildman–Crippen MR) is 80.4 cm³/mol. The van der Waals surface area contributed by atoms with E-state index in [0.717, 1.165) is 17.0 Å². The van der Waals surface area contributed by atoms with Gasteiger partial charge in [0.05, 0.1) is 12.2 Å². The summed E-state index contributed by atoms with van der Waals surface area (Å²) in [5.41, 5.74) is 2.76. The molecule has 0 amide bonds. The van der Waals surface area contributed by atoms with Crippen molar-refractivity contribution in [3.05, 3.63) is 65.2 Å². The Morgan fingerprint density at radius 1 is 1.19 bits per heavy atom. The number of nitrogens with zero attached hydrogens (tertiary/aromatic N) is 2. The minimum absolute atomic E-state index is 0.108. The van der Waals surface area contributed by atoms with E-state index in [1.165, 1.54) is 12.1 Å². The number of likely N-dealkylation sites (N-methyl/N-ethyl adjacent to an activating group) is 1. The maximum absolute atomic E-state index is 12.8. The Morgan fingerprint density at radius 2 is 1.90 bits per heavy atom. The van der Waals surface area contributed by atoms with Gasteiger partial charge in [-0.15, -0.1) is 0 Å². The number of pyridine rings is 1. The van der Waals surface area contributed by atoms with Gasteiger partial charge in [-0.25, -0.2) is 4.39 Å². The summed E-state index contributed by atoms with van der Waals surface area (Å²) in [6.07, 6.45) is 0.325. The van der Waals surface area contributed by atoms with Crippen LogP contribution in [0.15, 0.2) is 42.5 Å². The van der Waals surface area contributed by atoms with E-state index in [1.54, 1.807) is 12.1 Å². The van der Waals surface area contributed by atoms with E-state index in [0.29, 0.717) is 19.5 Å². The largest absolute Gasteiger partial charge is 0.298 e. The van der Waals surface area contributed by atoms with Crippen LogP contribution in [0.3, 0.4) is 0 Å². The van der Waals surface area contributed by atoms with Crippen LogP contribution in [0.4, 0.5) is 4.39 Å². The zero-order valence-corrected chi connectivity index (χ0v) is 12.3. The first-order valence-electron chi connectivity index (χ1n) is 6.90. The van der Waals surface area contributed by atoms with Crippen molar-refractivity contribution in [3.8, 4) is 0 Å². The first-order chi connectivity index (χ1) is 10.0. The topological polar surface area (TPSA) is 33.2 Å². The minimum Gasteiger partial charge on any atom is -0.298 e. The lowest BCUT2D eigenvalue weighted by molar-refractivity contribution is -0.119. The van der Waals surface area contributed by atoms with E-state index in [4.69, 9.17) is 0 Å². The number of benzene rings is 1. The molecule has 0 saturated carbocycles. The monoisotopic (exact) mass is 286 g/mol. The van der Waals surface area contributed by atoms with Crippen LogP contribution in [0.25, 0.3) is 0 Å². The quantitative estimate of drug-likeness (QED) is 0.818. The fraction of sp³-hybridized carbons (Fsp3) is 0.294. The Hall–Kier alpha value is -2.07. The molecule has 0 aliphatic carbocycles. The SMILES string of the molecule is Cc1cccc(CN(C)CC(=O)Cc2ccc(F)cc2)n1. The summed E-state index contributed by atoms with van der Waals surface area (Å²) < 4.78 is 12.8. The summed E-state index contributed by atoms with van der Waals surface area (Å²) >= 11 is 0. The van der Waals surface area contributed by atoms with E-state index in [9.17, 15) is 9.18 Å². The summed E-state index contributed by atoms with van der Waals surface area (Å²) in [5, 5.41) is 0. The third-order valence-electron chi connectivity index (χ3n) is 3.14. The lowest BCUT2D eigenvalue weighted by Crippen LogP contribution is -2.27. The third-order valence-corrected chi connectivity index (χ3v) is 3.14. The van der Waals surface area contributed by atoms with Crippen LogP contribution in [0.1, 0.15) is 17.0 Å². The maximum atomic E-state index is 12.8. The van der Waals surface area contributed by atoms with Crippen LogP contribution in [-0.2, 0) is 17.8 Å². The fourth-order valence-corrected chi connectivity index (χ4v) is 2.21. The number of aromatic nitrogens is 1. The standard InChI is InChI=1S/C17H19FN2O/c1-13-4-3-5-16(19-13)11-20(2)12-17(21)10-14-6-8-15(18)9-7-14/h3-9H,10-12H2,1-2H3. The molecule has 21 heavy (non-hydrogen) atoms. The Morgan fingerprint density at radius 3 is 2.57 bits per heavy atom. The number of hydrogen-bond donors (Lipinski definition) is 0. The molecule has 4 heteroatoms. The first kappa shape index (κ1) is 15.3. The minimum atomic E-state index is -0.283. The van der Waals surface area contributed by atoms with Gasteiger partial charge in [-0.2, -0.15) is 0 Å². The van der Waals surface area contributed by atoms with Gasteiger partial charge >= 0.3 is 0 Å². The fourth-order valence-electron chi connectivity index (χ4n) is 2.21. The summed E-state index contributed by atoms with van der Waals surface area (Å²) in [7, 11) is 1.90. The molecule has 2 aromatic rings. The smallest absolute Gasteiger partial charge is 0.151 e. The molecule has 0 aliphatic rings. The van der Waals surface area contributed by atoms with Gasteiger partial charge in [0.1, 0.15) is 5.82 Å². The Kier molecular flexibility index (Phi) is 5.17. The zero-order valence-electron chi connectivity index (χ0n) is 12.3. The van der Waals surface area contributed by atoms with Crippen LogP contribution >= 0.6 is 0 Å². The summed E-state index contributed by atoms with van der Waals surface area (Å²) in [4.78, 5) is 18.4. The van der Waals surface area contributed by atoms with Gasteiger partial charge in [0, 0.05) is 18.7 Å². The number of Topliss-reactive ketones (excluding diaryl/α,β-unsaturated/α-hetero) is 1. The molecule has 0 saturated heterocycles. The highest BCUT2D eigenvalue weighted by Crippen LogP contribution is 2.06. The van der Waals surface area contributed by atoms with E-state index in [1.807, 2.05) is 37.1 Å². The number of halogens is 1. The lowest BCUT2D eigenvalue weighted by atomic mass is 10.1. The second-order valence-corrected chi connectivity index (χ2v) is 5.28. The Balaban J connectivity index is 1.86. The van der Waals surface area contributed by atoms with Crippen LogP contribution in [-0.4, -0.2) is 29.3 Å². The number of ketones is 1. The average Bonchev–Trinajstić information content (AvgIpc) is 2.41. The molecule has 1 heterocycles.